The van der Waals surface area contributed by atoms with Crippen molar-refractivity contribution in [3.63, 3.8) is 0 Å². The van der Waals surface area contributed by atoms with Crippen LogP contribution in [0.15, 0.2) is 36.4 Å². The van der Waals surface area contributed by atoms with Crippen LogP contribution >= 0.6 is 11.6 Å². The van der Waals surface area contributed by atoms with E-state index in [1.54, 1.807) is 19.2 Å². The maximum atomic E-state index is 14.2. The Morgan fingerprint density at radius 1 is 1.24 bits per heavy atom. The van der Waals surface area contributed by atoms with E-state index in [-0.39, 0.29) is 12.4 Å². The summed E-state index contributed by atoms with van der Waals surface area (Å²) in [5, 5.41) is 10.9. The number of hydrogen-bond acceptors (Lipinski definition) is 5. The zero-order valence-electron chi connectivity index (χ0n) is 16.4. The van der Waals surface area contributed by atoms with Crippen molar-refractivity contribution in [3.05, 3.63) is 63.9 Å². The van der Waals surface area contributed by atoms with Gasteiger partial charge in [-0.2, -0.15) is 0 Å². The lowest BCUT2D eigenvalue weighted by Crippen LogP contribution is -2.46. The fraction of sp³-hybridized carbons (Fsp3) is 0.455. The number of aliphatic hydroxyl groups excluding tert-OH is 1. The van der Waals surface area contributed by atoms with Crippen LogP contribution in [0.5, 0.6) is 5.75 Å². The Bertz CT molecular complexity index is 907. The minimum Gasteiger partial charge on any atom is -0.491 e. The maximum Gasteiger partial charge on any atom is 0.200 e. The Morgan fingerprint density at radius 2 is 2.07 bits per heavy atom. The molecule has 0 aromatic heterocycles. The number of rotatable bonds is 6. The summed E-state index contributed by atoms with van der Waals surface area (Å²) < 4.78 is 37.1. The third-order valence-electron chi connectivity index (χ3n) is 5.48. The first-order valence-electron chi connectivity index (χ1n) is 9.66. The van der Waals surface area contributed by atoms with Crippen molar-refractivity contribution in [2.24, 2.45) is 0 Å². The molecule has 0 spiro atoms. The molecule has 2 aromatic carbocycles. The van der Waals surface area contributed by atoms with E-state index in [0.29, 0.717) is 30.9 Å². The minimum absolute atomic E-state index is 0.231. The van der Waals surface area contributed by atoms with Gasteiger partial charge in [-0.15, -0.1) is 0 Å². The van der Waals surface area contributed by atoms with Crippen LogP contribution in [0.4, 0.5) is 4.39 Å². The molecule has 156 valence electrons. The number of ether oxygens (including phenoxy) is 4. The van der Waals surface area contributed by atoms with Gasteiger partial charge in [0.15, 0.2) is 17.4 Å². The predicted octanol–water partition coefficient (Wildman–Crippen LogP) is 4.17. The second kappa shape index (κ2) is 7.85. The molecule has 2 fully saturated rings. The van der Waals surface area contributed by atoms with Crippen molar-refractivity contribution in [2.45, 2.75) is 43.9 Å². The topological polar surface area (TPSA) is 57.2 Å². The third-order valence-corrected chi connectivity index (χ3v) is 5.84. The van der Waals surface area contributed by atoms with Gasteiger partial charge in [-0.05, 0) is 48.7 Å². The first kappa shape index (κ1) is 20.6. The van der Waals surface area contributed by atoms with Crippen molar-refractivity contribution >= 4 is 11.6 Å². The van der Waals surface area contributed by atoms with Crippen LogP contribution in [0.25, 0.3) is 0 Å². The van der Waals surface area contributed by atoms with Gasteiger partial charge < -0.3 is 24.1 Å². The normalized spacial score (nSPS) is 28.5. The summed E-state index contributed by atoms with van der Waals surface area (Å²) >= 11 is 6.41. The average molecular weight is 423 g/mol. The average Bonchev–Trinajstić information content (AvgIpc) is 2.98. The predicted molar refractivity (Wildman–Crippen MR) is 106 cm³/mol. The number of hydrogen-bond donors (Lipinski definition) is 1. The molecule has 2 aromatic rings. The summed E-state index contributed by atoms with van der Waals surface area (Å²) in [4.78, 5) is 0. The van der Waals surface area contributed by atoms with Crippen molar-refractivity contribution in [1.29, 1.82) is 0 Å². The molecule has 2 saturated heterocycles. The Labute approximate surface area is 174 Å². The number of methoxy groups -OCH3 is 1. The SMILES string of the molecule is CCOc1ccc(Cc2cc(C34CC(O)CC(OC)(CO3)O4)ccc2Cl)cc1F. The van der Waals surface area contributed by atoms with E-state index in [1.165, 1.54) is 6.07 Å². The van der Waals surface area contributed by atoms with E-state index in [2.05, 4.69) is 0 Å². The van der Waals surface area contributed by atoms with Crippen molar-refractivity contribution in [3.8, 4) is 5.75 Å². The van der Waals surface area contributed by atoms with Gasteiger partial charge in [-0.3, -0.25) is 0 Å². The summed E-state index contributed by atoms with van der Waals surface area (Å²) in [6, 6.07) is 10.4. The lowest BCUT2D eigenvalue weighted by atomic mass is 9.91. The van der Waals surface area contributed by atoms with Gasteiger partial charge in [0.05, 0.1) is 12.7 Å². The molecule has 4 rings (SSSR count). The van der Waals surface area contributed by atoms with E-state index < -0.39 is 23.5 Å². The number of halogens is 2. The number of aliphatic hydroxyl groups is 1. The van der Waals surface area contributed by atoms with Crippen molar-refractivity contribution in [1.82, 2.24) is 0 Å². The first-order chi connectivity index (χ1) is 13.9. The van der Waals surface area contributed by atoms with Gasteiger partial charge in [0.25, 0.3) is 0 Å². The van der Waals surface area contributed by atoms with E-state index in [0.717, 1.165) is 16.7 Å². The largest absolute Gasteiger partial charge is 0.491 e. The highest BCUT2D eigenvalue weighted by atomic mass is 35.5. The summed E-state index contributed by atoms with van der Waals surface area (Å²) in [7, 11) is 1.55. The molecule has 0 radical (unpaired) electrons. The van der Waals surface area contributed by atoms with Gasteiger partial charge in [0, 0.05) is 30.5 Å². The lowest BCUT2D eigenvalue weighted by Gasteiger charge is -2.39. The van der Waals surface area contributed by atoms with Gasteiger partial charge in [-0.1, -0.05) is 23.7 Å². The van der Waals surface area contributed by atoms with Crippen LogP contribution < -0.4 is 4.74 Å². The smallest absolute Gasteiger partial charge is 0.200 e. The molecule has 2 heterocycles. The Morgan fingerprint density at radius 3 is 2.79 bits per heavy atom. The zero-order valence-corrected chi connectivity index (χ0v) is 17.2. The molecule has 0 amide bonds. The van der Waals surface area contributed by atoms with Crippen LogP contribution in [0, 0.1) is 5.82 Å². The highest BCUT2D eigenvalue weighted by Crippen LogP contribution is 2.50. The Kier molecular flexibility index (Phi) is 5.57. The number of fused-ring (bicyclic) bond motifs is 2. The summed E-state index contributed by atoms with van der Waals surface area (Å²) in [6.45, 7) is 2.45. The lowest BCUT2D eigenvalue weighted by molar-refractivity contribution is -0.305. The van der Waals surface area contributed by atoms with E-state index in [9.17, 15) is 9.50 Å². The third kappa shape index (κ3) is 3.88. The molecule has 2 bridgehead atoms. The second-order valence-corrected chi connectivity index (χ2v) is 7.91. The summed E-state index contributed by atoms with van der Waals surface area (Å²) in [6.07, 6.45) is 0.489. The van der Waals surface area contributed by atoms with E-state index >= 15 is 0 Å². The van der Waals surface area contributed by atoms with Gasteiger partial charge in [0.1, 0.15) is 6.61 Å². The molecule has 0 aliphatic carbocycles. The first-order valence-corrected chi connectivity index (χ1v) is 10.0. The molecule has 29 heavy (non-hydrogen) atoms. The van der Waals surface area contributed by atoms with Crippen molar-refractivity contribution in [2.75, 3.05) is 20.3 Å². The maximum absolute atomic E-state index is 14.2. The van der Waals surface area contributed by atoms with E-state index in [1.807, 2.05) is 25.1 Å². The zero-order chi connectivity index (χ0) is 20.6. The molecular weight excluding hydrogens is 399 g/mol. The van der Waals surface area contributed by atoms with Gasteiger partial charge in [0.2, 0.25) is 5.79 Å². The summed E-state index contributed by atoms with van der Waals surface area (Å²) in [5.74, 6) is -2.21. The van der Waals surface area contributed by atoms with Crippen LogP contribution in [-0.2, 0) is 26.4 Å². The standard InChI is InChI=1S/C22H24ClFO5/c1-3-27-20-7-4-14(9-19(20)24)8-15-10-16(5-6-18(15)23)22-12-17(25)11-21(26-2,29-22)13-28-22/h4-7,9-10,17,25H,3,8,11-13H2,1-2H3. The van der Waals surface area contributed by atoms with Crippen molar-refractivity contribution < 1.29 is 28.4 Å². The van der Waals surface area contributed by atoms with Crippen LogP contribution in [0.1, 0.15) is 36.5 Å². The molecule has 5 nitrogen and oxygen atoms in total. The molecular formula is C22H24ClFO5. The fourth-order valence-corrected chi connectivity index (χ4v) is 4.25. The molecule has 7 heteroatoms. The molecule has 3 unspecified atom stereocenters. The van der Waals surface area contributed by atoms with Crippen LogP contribution in [0.2, 0.25) is 5.02 Å². The monoisotopic (exact) mass is 422 g/mol. The van der Waals surface area contributed by atoms with Crippen LogP contribution in [-0.4, -0.2) is 37.3 Å². The molecule has 2 aliphatic rings. The molecule has 0 saturated carbocycles. The van der Waals surface area contributed by atoms with Gasteiger partial charge >= 0.3 is 0 Å². The molecule has 2 aliphatic heterocycles. The summed E-state index contributed by atoms with van der Waals surface area (Å²) in [5.41, 5.74) is 2.33. The van der Waals surface area contributed by atoms with Crippen LogP contribution in [0.3, 0.4) is 0 Å². The highest BCUT2D eigenvalue weighted by Gasteiger charge is 2.58. The van der Waals surface area contributed by atoms with E-state index in [4.69, 9.17) is 30.5 Å². The number of benzene rings is 2. The molecule has 3 atom stereocenters. The quantitative estimate of drug-likeness (QED) is 0.757. The Balaban J connectivity index is 1.63. The fourth-order valence-electron chi connectivity index (χ4n) is 4.07. The second-order valence-electron chi connectivity index (χ2n) is 7.50. The van der Waals surface area contributed by atoms with Gasteiger partial charge in [-0.25, -0.2) is 4.39 Å². The Hall–Kier alpha value is -1.70. The minimum atomic E-state index is -1.09. The molecule has 1 N–H and O–H groups in total. The highest BCUT2D eigenvalue weighted by molar-refractivity contribution is 6.31.